The Hall–Kier alpha value is -2.53. The summed E-state index contributed by atoms with van der Waals surface area (Å²) in [5.74, 6) is -0.398. The van der Waals surface area contributed by atoms with E-state index in [1.165, 1.54) is 12.3 Å². The second-order valence-corrected chi connectivity index (χ2v) is 6.83. The molecule has 0 radical (unpaired) electrons. The number of hydrogen-bond acceptors (Lipinski definition) is 8. The lowest BCUT2D eigenvalue weighted by Gasteiger charge is -2.15. The first kappa shape index (κ1) is 17.6. The van der Waals surface area contributed by atoms with E-state index in [4.69, 9.17) is 30.5 Å². The number of ether oxygens (including phenoxy) is 4. The zero-order chi connectivity index (χ0) is 19.3. The molecular formula is C17H14ClFN4O5. The maximum absolute atomic E-state index is 13.2. The lowest BCUT2D eigenvalue weighted by molar-refractivity contribution is 0.00706. The number of aromatic nitrogens is 4. The van der Waals surface area contributed by atoms with E-state index in [1.54, 1.807) is 6.07 Å². The molecule has 2 N–H and O–H groups in total. The van der Waals surface area contributed by atoms with Gasteiger partial charge in [-0.05, 0) is 12.1 Å². The smallest absolute Gasteiger partial charge is 0.296 e. The summed E-state index contributed by atoms with van der Waals surface area (Å²) < 4.78 is 35.6. The highest BCUT2D eigenvalue weighted by atomic mass is 35.5. The van der Waals surface area contributed by atoms with Crippen LogP contribution >= 0.6 is 11.6 Å². The molecule has 2 fully saturated rings. The molecule has 0 spiro atoms. The minimum atomic E-state index is -0.679. The number of fused-ring (bicyclic) bond motifs is 2. The summed E-state index contributed by atoms with van der Waals surface area (Å²) in [6.07, 6.45) is -0.555. The minimum absolute atomic E-state index is 0.0735. The predicted octanol–water partition coefficient (Wildman–Crippen LogP) is 1.84. The number of aliphatic hydroxyl groups is 1. The summed E-state index contributed by atoms with van der Waals surface area (Å²) in [5, 5.41) is 10.0. The van der Waals surface area contributed by atoms with Gasteiger partial charge in [0.2, 0.25) is 11.8 Å². The first-order valence-electron chi connectivity index (χ1n) is 8.50. The molecular weight excluding hydrogens is 395 g/mol. The minimum Gasteiger partial charge on any atom is -0.456 e. The summed E-state index contributed by atoms with van der Waals surface area (Å²) in [7, 11) is 0. The maximum atomic E-state index is 13.2. The Balaban J connectivity index is 1.37. The van der Waals surface area contributed by atoms with Gasteiger partial charge in [-0.15, -0.1) is 0 Å². The molecule has 11 heteroatoms. The van der Waals surface area contributed by atoms with E-state index in [0.717, 1.165) is 6.07 Å². The molecule has 4 atom stereocenters. The molecule has 2 saturated heterocycles. The summed E-state index contributed by atoms with van der Waals surface area (Å²) in [6.45, 7) is 0.488. The van der Waals surface area contributed by atoms with Crippen molar-refractivity contribution < 1.29 is 28.4 Å². The zero-order valence-electron chi connectivity index (χ0n) is 14.2. The molecule has 0 aliphatic carbocycles. The van der Waals surface area contributed by atoms with Crippen LogP contribution in [0.4, 0.5) is 4.39 Å². The highest BCUT2D eigenvalue weighted by Crippen LogP contribution is 2.32. The van der Waals surface area contributed by atoms with Crippen molar-refractivity contribution in [3.05, 3.63) is 35.4 Å². The van der Waals surface area contributed by atoms with E-state index < -0.39 is 24.3 Å². The van der Waals surface area contributed by atoms with Crippen LogP contribution < -0.4 is 9.47 Å². The molecule has 146 valence electrons. The van der Waals surface area contributed by atoms with Gasteiger partial charge in [-0.2, -0.15) is 14.4 Å². The van der Waals surface area contributed by atoms with Crippen molar-refractivity contribution in [1.82, 2.24) is 19.9 Å². The standard InChI is InChI=1S/C17H14ClFN4O5/c18-8-4-9-15(22-16(8)27-7-1-2-20-12(19)3-7)23-17(21-9)28-11-6-26-13-10(24)5-25-14(11)13/h1-4,10-11,13-14,24H,5-6H2,(H,21,22,23)/t10-,11-,13-,14-/m1/s1. The van der Waals surface area contributed by atoms with Crippen LogP contribution in [0.2, 0.25) is 5.02 Å². The number of imidazole rings is 1. The zero-order valence-corrected chi connectivity index (χ0v) is 15.0. The quantitative estimate of drug-likeness (QED) is 0.629. The highest BCUT2D eigenvalue weighted by molar-refractivity contribution is 6.32. The average molecular weight is 409 g/mol. The molecule has 0 bridgehead atoms. The second-order valence-electron chi connectivity index (χ2n) is 6.42. The van der Waals surface area contributed by atoms with E-state index in [0.29, 0.717) is 11.2 Å². The number of nitrogens with zero attached hydrogens (tertiary/aromatic N) is 3. The summed E-state index contributed by atoms with van der Waals surface area (Å²) in [4.78, 5) is 15.0. The molecule has 2 aliphatic rings. The summed E-state index contributed by atoms with van der Waals surface area (Å²) >= 11 is 6.21. The van der Waals surface area contributed by atoms with Crippen LogP contribution in [0.15, 0.2) is 24.4 Å². The van der Waals surface area contributed by atoms with E-state index in [1.807, 2.05) is 0 Å². The van der Waals surface area contributed by atoms with Crippen molar-refractivity contribution in [3.63, 3.8) is 0 Å². The lowest BCUT2D eigenvalue weighted by atomic mass is 10.1. The molecule has 9 nitrogen and oxygen atoms in total. The molecule has 3 aromatic heterocycles. The third kappa shape index (κ3) is 3.14. The van der Waals surface area contributed by atoms with Gasteiger partial charge in [0.25, 0.3) is 6.01 Å². The Labute approximate surface area is 162 Å². The van der Waals surface area contributed by atoms with Crippen molar-refractivity contribution in [3.8, 4) is 17.6 Å². The van der Waals surface area contributed by atoms with Gasteiger partial charge >= 0.3 is 0 Å². The molecule has 0 saturated carbocycles. The van der Waals surface area contributed by atoms with Gasteiger partial charge in [-0.1, -0.05) is 11.6 Å². The summed E-state index contributed by atoms with van der Waals surface area (Å²) in [5.41, 5.74) is 0.850. The SMILES string of the molecule is O[C@@H]1CO[C@H]2[C@@H]1OC[C@H]2Oc1nc2nc(Oc3ccnc(F)c3)c(Cl)cc2[nH]1. The van der Waals surface area contributed by atoms with Crippen molar-refractivity contribution in [2.75, 3.05) is 13.2 Å². The Morgan fingerprint density at radius 2 is 2.07 bits per heavy atom. The number of aliphatic hydroxyl groups excluding tert-OH is 1. The Bertz CT molecular complexity index is 1030. The monoisotopic (exact) mass is 408 g/mol. The van der Waals surface area contributed by atoms with Gasteiger partial charge in [0, 0.05) is 12.3 Å². The van der Waals surface area contributed by atoms with E-state index in [2.05, 4.69) is 19.9 Å². The van der Waals surface area contributed by atoms with Crippen LogP contribution in [0.1, 0.15) is 0 Å². The number of rotatable bonds is 4. The molecule has 2 aliphatic heterocycles. The fourth-order valence-corrected chi connectivity index (χ4v) is 3.44. The number of aromatic amines is 1. The molecule has 5 heterocycles. The van der Waals surface area contributed by atoms with Crippen LogP contribution in [-0.2, 0) is 9.47 Å². The second kappa shape index (κ2) is 6.82. The van der Waals surface area contributed by atoms with Gasteiger partial charge in [0.15, 0.2) is 11.8 Å². The van der Waals surface area contributed by atoms with Gasteiger partial charge in [0.05, 0.1) is 18.7 Å². The van der Waals surface area contributed by atoms with Gasteiger partial charge in [-0.3, -0.25) is 0 Å². The van der Waals surface area contributed by atoms with E-state index in [9.17, 15) is 9.50 Å². The average Bonchev–Trinajstić information content (AvgIpc) is 3.33. The molecule has 0 aromatic carbocycles. The first-order valence-corrected chi connectivity index (χ1v) is 8.88. The topological polar surface area (TPSA) is 112 Å². The van der Waals surface area contributed by atoms with Crippen LogP contribution in [-0.4, -0.2) is 62.7 Å². The Morgan fingerprint density at radius 3 is 2.93 bits per heavy atom. The van der Waals surface area contributed by atoms with Crippen LogP contribution in [0.25, 0.3) is 11.2 Å². The van der Waals surface area contributed by atoms with Gasteiger partial charge < -0.3 is 29.0 Å². The van der Waals surface area contributed by atoms with Gasteiger partial charge in [0.1, 0.15) is 29.1 Å². The van der Waals surface area contributed by atoms with Gasteiger partial charge in [-0.25, -0.2) is 4.98 Å². The van der Waals surface area contributed by atoms with Crippen LogP contribution in [0.3, 0.4) is 0 Å². The number of nitrogens with one attached hydrogen (secondary N) is 1. The third-order valence-electron chi connectivity index (χ3n) is 4.53. The molecule has 28 heavy (non-hydrogen) atoms. The fraction of sp³-hybridized carbons (Fsp3) is 0.353. The summed E-state index contributed by atoms with van der Waals surface area (Å²) in [6, 6.07) is 4.40. The predicted molar refractivity (Wildman–Crippen MR) is 93.1 cm³/mol. The van der Waals surface area contributed by atoms with Crippen molar-refractivity contribution in [2.24, 2.45) is 0 Å². The normalized spacial score (nSPS) is 26.5. The Morgan fingerprint density at radius 1 is 1.21 bits per heavy atom. The van der Waals surface area contributed by atoms with Crippen molar-refractivity contribution in [2.45, 2.75) is 24.4 Å². The van der Waals surface area contributed by atoms with Crippen molar-refractivity contribution in [1.29, 1.82) is 0 Å². The number of halogens is 2. The van der Waals surface area contributed by atoms with Crippen molar-refractivity contribution >= 4 is 22.8 Å². The third-order valence-corrected chi connectivity index (χ3v) is 4.80. The van der Waals surface area contributed by atoms with Crippen LogP contribution in [0.5, 0.6) is 17.6 Å². The number of H-pyrrole nitrogens is 1. The number of hydrogen-bond donors (Lipinski definition) is 2. The van der Waals surface area contributed by atoms with E-state index in [-0.39, 0.29) is 42.0 Å². The molecule has 3 aromatic rings. The Kier molecular flexibility index (Phi) is 4.27. The van der Waals surface area contributed by atoms with E-state index >= 15 is 0 Å². The lowest BCUT2D eigenvalue weighted by Crippen LogP contribution is -2.34. The molecule has 5 rings (SSSR count). The number of pyridine rings is 2. The maximum Gasteiger partial charge on any atom is 0.296 e. The van der Waals surface area contributed by atoms with Crippen LogP contribution in [0, 0.1) is 5.95 Å². The molecule has 0 unspecified atom stereocenters. The first-order chi connectivity index (χ1) is 13.6. The fourth-order valence-electron chi connectivity index (χ4n) is 3.25. The highest BCUT2D eigenvalue weighted by Gasteiger charge is 2.48. The molecule has 0 amide bonds. The largest absolute Gasteiger partial charge is 0.456 e.